The number of anilines is 1. The molecule has 0 radical (unpaired) electrons. The van der Waals surface area contributed by atoms with Crippen LogP contribution in [0.3, 0.4) is 0 Å². The summed E-state index contributed by atoms with van der Waals surface area (Å²) in [6, 6.07) is 10.1. The van der Waals surface area contributed by atoms with Crippen LogP contribution in [0.15, 0.2) is 29.8 Å². The zero-order chi connectivity index (χ0) is 17.5. The first-order valence-electron chi connectivity index (χ1n) is 9.13. The van der Waals surface area contributed by atoms with Crippen LogP contribution in [0, 0.1) is 11.3 Å². The van der Waals surface area contributed by atoms with Gasteiger partial charge in [0.25, 0.3) is 5.91 Å². The maximum Gasteiger partial charge on any atom is 0.262 e. The summed E-state index contributed by atoms with van der Waals surface area (Å²) in [4.78, 5) is 14.6. The van der Waals surface area contributed by atoms with E-state index in [2.05, 4.69) is 22.3 Å². The molecule has 1 aromatic carbocycles. The number of hydrogen-bond acceptors (Lipinski definition) is 4. The molecule has 1 N–H and O–H groups in total. The Bertz CT molecular complexity index is 649. The van der Waals surface area contributed by atoms with Crippen LogP contribution in [-0.4, -0.2) is 38.3 Å². The predicted octanol–water partition coefficient (Wildman–Crippen LogP) is 2.88. The van der Waals surface area contributed by atoms with E-state index in [-0.39, 0.29) is 17.6 Å². The van der Waals surface area contributed by atoms with E-state index in [1.807, 2.05) is 18.2 Å². The molecule has 0 unspecified atom stereocenters. The fourth-order valence-electron chi connectivity index (χ4n) is 3.36. The van der Waals surface area contributed by atoms with Gasteiger partial charge in [0, 0.05) is 31.9 Å². The molecule has 3 rings (SSSR count). The number of carbonyl (C=O) groups is 1. The molecule has 132 valence electrons. The summed E-state index contributed by atoms with van der Waals surface area (Å²) in [6.07, 6.45) is 7.51. The van der Waals surface area contributed by atoms with E-state index in [9.17, 15) is 10.1 Å². The van der Waals surface area contributed by atoms with Crippen molar-refractivity contribution in [1.82, 2.24) is 5.32 Å². The van der Waals surface area contributed by atoms with Crippen LogP contribution < -0.4 is 10.2 Å². The average Bonchev–Trinajstić information content (AvgIpc) is 3.19. The number of nitrogens with zero attached hydrogens (tertiary/aromatic N) is 2. The summed E-state index contributed by atoms with van der Waals surface area (Å²) in [5.41, 5.74) is 2.20. The minimum atomic E-state index is -0.335. The van der Waals surface area contributed by atoms with E-state index < -0.39 is 0 Å². The summed E-state index contributed by atoms with van der Waals surface area (Å²) in [6.45, 7) is 3.42. The summed E-state index contributed by atoms with van der Waals surface area (Å²) >= 11 is 0. The molecular formula is C20H25N3O2. The van der Waals surface area contributed by atoms with Gasteiger partial charge in [-0.3, -0.25) is 4.79 Å². The SMILES string of the molecule is N#C/C(=C\c1ccc(N2CCCCC2)cc1)C(=O)NC[C@@H]1CCCO1. The summed E-state index contributed by atoms with van der Waals surface area (Å²) in [5, 5.41) is 12.1. The van der Waals surface area contributed by atoms with Gasteiger partial charge in [-0.2, -0.15) is 5.26 Å². The molecule has 0 bridgehead atoms. The first-order chi connectivity index (χ1) is 12.3. The highest BCUT2D eigenvalue weighted by Gasteiger charge is 2.17. The van der Waals surface area contributed by atoms with Gasteiger partial charge in [-0.05, 0) is 55.9 Å². The van der Waals surface area contributed by atoms with Crippen LogP contribution >= 0.6 is 0 Å². The number of ether oxygens (including phenoxy) is 1. The number of benzene rings is 1. The van der Waals surface area contributed by atoms with E-state index in [4.69, 9.17) is 4.74 Å². The molecule has 25 heavy (non-hydrogen) atoms. The Labute approximate surface area is 149 Å². The van der Waals surface area contributed by atoms with Crippen molar-refractivity contribution in [3.8, 4) is 6.07 Å². The zero-order valence-electron chi connectivity index (χ0n) is 14.5. The number of nitrogens with one attached hydrogen (secondary N) is 1. The van der Waals surface area contributed by atoms with Gasteiger partial charge in [-0.1, -0.05) is 12.1 Å². The summed E-state index contributed by atoms with van der Waals surface area (Å²) in [7, 11) is 0. The van der Waals surface area contributed by atoms with E-state index >= 15 is 0 Å². The molecule has 0 aliphatic carbocycles. The molecule has 2 aliphatic heterocycles. The number of rotatable bonds is 5. The first-order valence-corrected chi connectivity index (χ1v) is 9.13. The normalized spacial score (nSPS) is 21.0. The molecule has 1 atom stereocenters. The van der Waals surface area contributed by atoms with Crippen molar-refractivity contribution in [3.05, 3.63) is 35.4 Å². The first kappa shape index (κ1) is 17.5. The van der Waals surface area contributed by atoms with Crippen LogP contribution in [0.5, 0.6) is 0 Å². The molecule has 0 spiro atoms. The van der Waals surface area contributed by atoms with Crippen molar-refractivity contribution in [1.29, 1.82) is 5.26 Å². The monoisotopic (exact) mass is 339 g/mol. The van der Waals surface area contributed by atoms with Crippen molar-refractivity contribution < 1.29 is 9.53 Å². The highest BCUT2D eigenvalue weighted by molar-refractivity contribution is 6.01. The molecule has 1 amide bonds. The van der Waals surface area contributed by atoms with Crippen LogP contribution in [-0.2, 0) is 9.53 Å². The number of carbonyl (C=O) groups excluding carboxylic acids is 1. The summed E-state index contributed by atoms with van der Waals surface area (Å²) < 4.78 is 5.48. The fraction of sp³-hybridized carbons (Fsp3) is 0.500. The Hall–Kier alpha value is -2.32. The fourth-order valence-corrected chi connectivity index (χ4v) is 3.36. The minimum Gasteiger partial charge on any atom is -0.376 e. The molecule has 1 aromatic rings. The third-order valence-corrected chi connectivity index (χ3v) is 4.80. The lowest BCUT2D eigenvalue weighted by Crippen LogP contribution is -2.32. The average molecular weight is 339 g/mol. The second kappa shape index (κ2) is 8.68. The number of hydrogen-bond donors (Lipinski definition) is 1. The van der Waals surface area contributed by atoms with Crippen molar-refractivity contribution in [2.24, 2.45) is 0 Å². The van der Waals surface area contributed by atoms with Gasteiger partial charge in [0.05, 0.1) is 6.10 Å². The highest BCUT2D eigenvalue weighted by Crippen LogP contribution is 2.21. The molecule has 0 saturated carbocycles. The Morgan fingerprint density at radius 3 is 2.64 bits per heavy atom. The van der Waals surface area contributed by atoms with Gasteiger partial charge in [0.15, 0.2) is 0 Å². The number of amides is 1. The van der Waals surface area contributed by atoms with E-state index in [0.29, 0.717) is 6.54 Å². The lowest BCUT2D eigenvalue weighted by Gasteiger charge is -2.28. The van der Waals surface area contributed by atoms with Crippen LogP contribution in [0.1, 0.15) is 37.7 Å². The molecule has 2 heterocycles. The molecule has 0 aromatic heterocycles. The van der Waals surface area contributed by atoms with Crippen molar-refractivity contribution >= 4 is 17.7 Å². The Balaban J connectivity index is 1.60. The van der Waals surface area contributed by atoms with Crippen LogP contribution in [0.4, 0.5) is 5.69 Å². The standard InChI is InChI=1S/C20H25N3O2/c21-14-17(20(24)22-15-19-5-4-12-25-19)13-16-6-8-18(9-7-16)23-10-2-1-3-11-23/h6-9,13,19H,1-5,10-12,15H2,(H,22,24)/b17-13+/t19-/m0/s1. The number of nitriles is 1. The van der Waals surface area contributed by atoms with Crippen molar-refractivity contribution in [3.63, 3.8) is 0 Å². The van der Waals surface area contributed by atoms with Gasteiger partial charge >= 0.3 is 0 Å². The topological polar surface area (TPSA) is 65.4 Å². The lowest BCUT2D eigenvalue weighted by atomic mass is 10.1. The molecular weight excluding hydrogens is 314 g/mol. The maximum absolute atomic E-state index is 12.2. The largest absolute Gasteiger partial charge is 0.376 e. The lowest BCUT2D eigenvalue weighted by molar-refractivity contribution is -0.117. The van der Waals surface area contributed by atoms with Gasteiger partial charge in [-0.15, -0.1) is 0 Å². The minimum absolute atomic E-state index is 0.0766. The highest BCUT2D eigenvalue weighted by atomic mass is 16.5. The van der Waals surface area contributed by atoms with Gasteiger partial charge in [0.2, 0.25) is 0 Å². The van der Waals surface area contributed by atoms with Crippen LogP contribution in [0.25, 0.3) is 6.08 Å². The molecule has 2 aliphatic rings. The Morgan fingerprint density at radius 2 is 2.00 bits per heavy atom. The summed E-state index contributed by atoms with van der Waals surface area (Å²) in [5.74, 6) is -0.335. The second-order valence-corrected chi connectivity index (χ2v) is 6.65. The predicted molar refractivity (Wildman–Crippen MR) is 98.1 cm³/mol. The van der Waals surface area contributed by atoms with E-state index in [1.54, 1.807) is 6.08 Å². The van der Waals surface area contributed by atoms with Gasteiger partial charge < -0.3 is 15.0 Å². The van der Waals surface area contributed by atoms with Crippen molar-refractivity contribution in [2.75, 3.05) is 31.1 Å². The molecule has 5 nitrogen and oxygen atoms in total. The number of piperidine rings is 1. The Morgan fingerprint density at radius 1 is 1.24 bits per heavy atom. The zero-order valence-corrected chi connectivity index (χ0v) is 14.5. The van der Waals surface area contributed by atoms with Crippen molar-refractivity contribution in [2.45, 2.75) is 38.2 Å². The molecule has 2 saturated heterocycles. The van der Waals surface area contributed by atoms with Gasteiger partial charge in [-0.25, -0.2) is 0 Å². The quantitative estimate of drug-likeness (QED) is 0.662. The Kier molecular flexibility index (Phi) is 6.08. The van der Waals surface area contributed by atoms with Gasteiger partial charge in [0.1, 0.15) is 11.6 Å². The molecule has 2 fully saturated rings. The molecule has 5 heteroatoms. The second-order valence-electron chi connectivity index (χ2n) is 6.65. The van der Waals surface area contributed by atoms with Crippen LogP contribution in [0.2, 0.25) is 0 Å². The smallest absolute Gasteiger partial charge is 0.262 e. The third kappa shape index (κ3) is 4.83. The third-order valence-electron chi connectivity index (χ3n) is 4.80. The maximum atomic E-state index is 12.2. The van der Waals surface area contributed by atoms with E-state index in [1.165, 1.54) is 24.9 Å². The van der Waals surface area contributed by atoms with E-state index in [0.717, 1.165) is 38.1 Å².